The van der Waals surface area contributed by atoms with Crippen LogP contribution in [0, 0.1) is 6.92 Å². The van der Waals surface area contributed by atoms with Crippen molar-refractivity contribution in [2.24, 2.45) is 0 Å². The van der Waals surface area contributed by atoms with Crippen molar-refractivity contribution in [3.8, 4) is 11.5 Å². The number of rotatable bonds is 2. The highest BCUT2D eigenvalue weighted by Crippen LogP contribution is 2.53. The van der Waals surface area contributed by atoms with Crippen molar-refractivity contribution < 1.29 is 9.47 Å². The summed E-state index contributed by atoms with van der Waals surface area (Å²) in [7, 11) is 0. The molecule has 10 rings (SSSR count). The van der Waals surface area contributed by atoms with E-state index in [1.54, 1.807) is 0 Å². The normalized spacial score (nSPS) is 20.0. The molecular formula is C53H61BN2O2. The molecule has 3 heterocycles. The highest BCUT2D eigenvalue weighted by molar-refractivity contribution is 7.00. The third kappa shape index (κ3) is 5.54. The van der Waals surface area contributed by atoms with Gasteiger partial charge in [0.15, 0.2) is 11.5 Å². The molecule has 0 N–H and O–H groups in total. The molecule has 5 aromatic carbocycles. The molecule has 5 aliphatic rings. The molecule has 2 aliphatic carbocycles. The molecule has 0 spiro atoms. The van der Waals surface area contributed by atoms with Gasteiger partial charge in [-0.25, -0.2) is 0 Å². The van der Waals surface area contributed by atoms with Gasteiger partial charge < -0.3 is 19.3 Å². The van der Waals surface area contributed by atoms with Gasteiger partial charge in [0.1, 0.15) is 13.2 Å². The molecule has 0 radical (unpaired) electrons. The van der Waals surface area contributed by atoms with E-state index < -0.39 is 0 Å². The smallest absolute Gasteiger partial charge is 0.252 e. The van der Waals surface area contributed by atoms with E-state index in [0.717, 1.165) is 22.9 Å². The zero-order chi connectivity index (χ0) is 40.9. The van der Waals surface area contributed by atoms with Crippen molar-refractivity contribution >= 4 is 57.2 Å². The molecule has 0 atom stereocenters. The van der Waals surface area contributed by atoms with Gasteiger partial charge in [-0.3, -0.25) is 0 Å². The summed E-state index contributed by atoms with van der Waals surface area (Å²) in [5.74, 6) is 1.66. The Morgan fingerprint density at radius 1 is 0.500 bits per heavy atom. The Labute approximate surface area is 348 Å². The van der Waals surface area contributed by atoms with E-state index in [0.29, 0.717) is 13.2 Å². The molecule has 0 unspecified atom stereocenters. The first kappa shape index (κ1) is 37.6. The Balaban J connectivity index is 1.31. The van der Waals surface area contributed by atoms with Crippen LogP contribution in [-0.2, 0) is 27.1 Å². The second kappa shape index (κ2) is 12.2. The van der Waals surface area contributed by atoms with Crippen molar-refractivity contribution in [3.63, 3.8) is 0 Å². The third-order valence-corrected chi connectivity index (χ3v) is 14.9. The molecule has 298 valence electrons. The first-order chi connectivity index (χ1) is 27.2. The fraction of sp³-hybridized carbons (Fsp3) is 0.434. The first-order valence-corrected chi connectivity index (χ1v) is 21.9. The molecule has 5 aromatic rings. The van der Waals surface area contributed by atoms with Crippen LogP contribution < -0.4 is 35.7 Å². The van der Waals surface area contributed by atoms with E-state index in [1.165, 1.54) is 98.2 Å². The minimum absolute atomic E-state index is 0.00640. The number of hydrogen-bond donors (Lipinski definition) is 0. The predicted octanol–water partition coefficient (Wildman–Crippen LogP) is 11.8. The summed E-state index contributed by atoms with van der Waals surface area (Å²) in [6, 6.07) is 31.4. The maximum absolute atomic E-state index is 6.40. The lowest BCUT2D eigenvalue weighted by molar-refractivity contribution is 0.172. The van der Waals surface area contributed by atoms with Gasteiger partial charge in [0.25, 0.3) is 6.71 Å². The van der Waals surface area contributed by atoms with E-state index >= 15 is 0 Å². The predicted molar refractivity (Wildman–Crippen MR) is 245 cm³/mol. The molecule has 0 fully saturated rings. The second-order valence-electron chi connectivity index (χ2n) is 21.9. The SMILES string of the molecule is Cc1cc2c3c(c1)N(c1ccc4c(c1)C(C)(C)CCC4(C)C)c1cc4c(cc1B3c1cc3c(cc1N2c1ccc(C(C)(C)C)cc1)OCCO3)C(C)(C)CCC4(C)C. The maximum atomic E-state index is 6.40. The van der Waals surface area contributed by atoms with Crippen molar-refractivity contribution in [2.45, 2.75) is 136 Å². The fourth-order valence-electron chi connectivity index (χ4n) is 11.1. The van der Waals surface area contributed by atoms with Gasteiger partial charge in [0.05, 0.1) is 0 Å². The third-order valence-electron chi connectivity index (χ3n) is 14.9. The number of benzene rings is 5. The van der Waals surface area contributed by atoms with Crippen LogP contribution in [0.3, 0.4) is 0 Å². The van der Waals surface area contributed by atoms with E-state index in [9.17, 15) is 0 Å². The Morgan fingerprint density at radius 2 is 0.966 bits per heavy atom. The molecule has 0 bridgehead atoms. The number of ether oxygens (including phenoxy) is 2. The van der Waals surface area contributed by atoms with Gasteiger partial charge in [-0.2, -0.15) is 0 Å². The van der Waals surface area contributed by atoms with Crippen molar-refractivity contribution in [3.05, 3.63) is 112 Å². The van der Waals surface area contributed by atoms with Crippen molar-refractivity contribution in [1.29, 1.82) is 0 Å². The summed E-state index contributed by atoms with van der Waals surface area (Å²) in [5, 5.41) is 0. The average Bonchev–Trinajstić information content (AvgIpc) is 3.17. The highest BCUT2D eigenvalue weighted by atomic mass is 16.6. The average molecular weight is 769 g/mol. The van der Waals surface area contributed by atoms with Gasteiger partial charge in [-0.15, -0.1) is 0 Å². The fourth-order valence-corrected chi connectivity index (χ4v) is 11.1. The van der Waals surface area contributed by atoms with Gasteiger partial charge in [-0.05, 0) is 158 Å². The monoisotopic (exact) mass is 768 g/mol. The van der Waals surface area contributed by atoms with Gasteiger partial charge in [0.2, 0.25) is 0 Å². The lowest BCUT2D eigenvalue weighted by atomic mass is 9.33. The first-order valence-electron chi connectivity index (χ1n) is 21.9. The number of aryl methyl sites for hydroxylation is 1. The largest absolute Gasteiger partial charge is 0.486 e. The Morgan fingerprint density at radius 3 is 1.55 bits per heavy atom. The Hall–Kier alpha value is -4.64. The van der Waals surface area contributed by atoms with Gasteiger partial charge >= 0.3 is 0 Å². The lowest BCUT2D eigenvalue weighted by Crippen LogP contribution is -2.62. The molecule has 0 aromatic heterocycles. The van der Waals surface area contributed by atoms with Crippen LogP contribution in [-0.4, -0.2) is 19.9 Å². The molecule has 0 saturated carbocycles. The number of hydrogen-bond acceptors (Lipinski definition) is 4. The number of anilines is 6. The highest BCUT2D eigenvalue weighted by Gasteiger charge is 2.47. The summed E-state index contributed by atoms with van der Waals surface area (Å²) in [4.78, 5) is 5.16. The lowest BCUT2D eigenvalue weighted by Gasteiger charge is -2.48. The minimum atomic E-state index is 0.00640. The van der Waals surface area contributed by atoms with E-state index in [4.69, 9.17) is 9.47 Å². The summed E-state index contributed by atoms with van der Waals surface area (Å²) < 4.78 is 12.7. The van der Waals surface area contributed by atoms with Crippen LogP contribution in [0.5, 0.6) is 11.5 Å². The maximum Gasteiger partial charge on any atom is 0.252 e. The molecule has 0 saturated heterocycles. The molecular weight excluding hydrogens is 707 g/mol. The second-order valence-corrected chi connectivity index (χ2v) is 21.9. The summed E-state index contributed by atoms with van der Waals surface area (Å²) in [6.45, 7) is 29.9. The molecule has 3 aliphatic heterocycles. The number of fused-ring (bicyclic) bond motifs is 7. The minimum Gasteiger partial charge on any atom is -0.486 e. The Kier molecular flexibility index (Phi) is 7.92. The van der Waals surface area contributed by atoms with E-state index in [-0.39, 0.29) is 33.8 Å². The van der Waals surface area contributed by atoms with Crippen molar-refractivity contribution in [2.75, 3.05) is 23.0 Å². The van der Waals surface area contributed by atoms with Crippen LogP contribution >= 0.6 is 0 Å². The zero-order valence-corrected chi connectivity index (χ0v) is 37.0. The van der Waals surface area contributed by atoms with Crippen LogP contribution in [0.4, 0.5) is 34.1 Å². The topological polar surface area (TPSA) is 24.9 Å². The number of nitrogens with zero attached hydrogens (tertiary/aromatic N) is 2. The van der Waals surface area contributed by atoms with Gasteiger partial charge in [-0.1, -0.05) is 100 Å². The van der Waals surface area contributed by atoms with Crippen LogP contribution in [0.2, 0.25) is 0 Å². The Bertz CT molecular complexity index is 2540. The van der Waals surface area contributed by atoms with Crippen LogP contribution in [0.1, 0.15) is 135 Å². The molecule has 5 heteroatoms. The molecule has 4 nitrogen and oxygen atoms in total. The van der Waals surface area contributed by atoms with Crippen molar-refractivity contribution in [1.82, 2.24) is 0 Å². The zero-order valence-electron chi connectivity index (χ0n) is 37.0. The standard InChI is InChI=1S/C53H61BN2O2/c1-32-25-44-48-45(26-32)56(35-17-18-36-37(27-35)51(7,8)20-19-50(36,5)6)42-29-39-38(52(9,10)21-22-53(39,11)12)28-40(42)54(48)41-30-46-47(58-24-23-57-46)31-43(41)55(44)34-15-13-33(14-16-34)49(2,3)4/h13-18,25-31H,19-24H2,1-12H3. The van der Waals surface area contributed by atoms with E-state index in [1.807, 2.05) is 0 Å². The van der Waals surface area contributed by atoms with Gasteiger partial charge in [0, 0.05) is 40.2 Å². The van der Waals surface area contributed by atoms with Crippen LogP contribution in [0.15, 0.2) is 78.9 Å². The van der Waals surface area contributed by atoms with Crippen LogP contribution in [0.25, 0.3) is 0 Å². The molecule has 0 amide bonds. The molecule has 58 heavy (non-hydrogen) atoms. The summed E-state index contributed by atoms with van der Waals surface area (Å²) in [6.07, 6.45) is 4.73. The quantitative estimate of drug-likeness (QED) is 0.164. The van der Waals surface area contributed by atoms with E-state index in [2.05, 4.69) is 172 Å². The summed E-state index contributed by atoms with van der Waals surface area (Å²) in [5.41, 5.74) is 20.3. The summed E-state index contributed by atoms with van der Waals surface area (Å²) >= 11 is 0.